The predicted molar refractivity (Wildman–Crippen MR) is 137 cm³/mol. The molecule has 2 N–H and O–H groups in total. The molecule has 2 heterocycles. The van der Waals surface area contributed by atoms with Crippen LogP contribution in [-0.2, 0) is 6.42 Å². The standard InChI is InChI=1S/C27H35FN4O4/c1-17(2)26-21-9-7-19(28)14-24(21)36-16-27(26,33)11-13-31(18(3)4)12-5-6-25-29-22-10-8-20(32(34)35)15-23(22)30-25/h7-10,14-15,17-18,26,33H,5-6,11-13,16H2,1-4H3,(H,29,30)/t26-,27+/m0/s1. The minimum Gasteiger partial charge on any atom is -0.490 e. The van der Waals surface area contributed by atoms with Gasteiger partial charge in [-0.05, 0) is 51.3 Å². The molecule has 9 heteroatoms. The number of hydrogen-bond donors (Lipinski definition) is 2. The van der Waals surface area contributed by atoms with Crippen LogP contribution in [0.5, 0.6) is 5.75 Å². The Hall–Kier alpha value is -3.04. The van der Waals surface area contributed by atoms with Crippen LogP contribution >= 0.6 is 0 Å². The van der Waals surface area contributed by atoms with Crippen molar-refractivity contribution in [3.8, 4) is 5.75 Å². The Morgan fingerprint density at radius 1 is 1.25 bits per heavy atom. The van der Waals surface area contributed by atoms with Gasteiger partial charge in [-0.2, -0.15) is 0 Å². The Kier molecular flexibility index (Phi) is 7.61. The van der Waals surface area contributed by atoms with Gasteiger partial charge < -0.3 is 19.7 Å². The summed E-state index contributed by atoms with van der Waals surface area (Å²) >= 11 is 0. The fourth-order valence-electron chi connectivity index (χ4n) is 5.38. The average molecular weight is 499 g/mol. The summed E-state index contributed by atoms with van der Waals surface area (Å²) in [6.45, 7) is 10.1. The quantitative estimate of drug-likeness (QED) is 0.294. The van der Waals surface area contributed by atoms with Crippen molar-refractivity contribution >= 4 is 16.7 Å². The molecule has 2 aromatic carbocycles. The number of aromatic amines is 1. The monoisotopic (exact) mass is 498 g/mol. The lowest BCUT2D eigenvalue weighted by Crippen LogP contribution is -2.50. The van der Waals surface area contributed by atoms with E-state index in [-0.39, 0.29) is 36.0 Å². The summed E-state index contributed by atoms with van der Waals surface area (Å²) < 4.78 is 19.5. The average Bonchev–Trinajstić information content (AvgIpc) is 3.22. The lowest BCUT2D eigenvalue weighted by Gasteiger charge is -2.44. The summed E-state index contributed by atoms with van der Waals surface area (Å²) in [5, 5.41) is 22.7. The SMILES string of the molecule is CC(C)[C@H]1c2ccc(F)cc2OC[C@]1(O)CCN(CCCc1nc2ccc([N+](=O)[O-])cc2[nH]1)C(C)C. The molecule has 8 nitrogen and oxygen atoms in total. The van der Waals surface area contributed by atoms with Gasteiger partial charge in [-0.25, -0.2) is 9.37 Å². The second-order valence-electron chi connectivity index (χ2n) is 10.4. The molecule has 4 rings (SSSR count). The van der Waals surface area contributed by atoms with Gasteiger partial charge in [0, 0.05) is 48.7 Å². The van der Waals surface area contributed by atoms with Crippen LogP contribution in [0.25, 0.3) is 11.0 Å². The van der Waals surface area contributed by atoms with E-state index in [1.165, 1.54) is 24.3 Å². The van der Waals surface area contributed by atoms with Crippen molar-refractivity contribution in [2.45, 2.75) is 64.5 Å². The first kappa shape index (κ1) is 26.0. The number of imidazole rings is 1. The third-order valence-electron chi connectivity index (χ3n) is 7.18. The van der Waals surface area contributed by atoms with Crippen molar-refractivity contribution in [2.75, 3.05) is 19.7 Å². The number of H-pyrrole nitrogens is 1. The van der Waals surface area contributed by atoms with Crippen LogP contribution in [-0.4, -0.2) is 56.2 Å². The Morgan fingerprint density at radius 2 is 2.03 bits per heavy atom. The van der Waals surface area contributed by atoms with E-state index in [1.807, 2.05) is 0 Å². The van der Waals surface area contributed by atoms with Gasteiger partial charge >= 0.3 is 0 Å². The molecule has 0 unspecified atom stereocenters. The van der Waals surface area contributed by atoms with E-state index in [4.69, 9.17) is 4.74 Å². The summed E-state index contributed by atoms with van der Waals surface area (Å²) in [6.07, 6.45) is 2.11. The van der Waals surface area contributed by atoms with Gasteiger partial charge in [0.1, 0.15) is 29.6 Å². The highest BCUT2D eigenvalue weighted by Gasteiger charge is 2.45. The maximum Gasteiger partial charge on any atom is 0.271 e. The van der Waals surface area contributed by atoms with E-state index in [2.05, 4.69) is 42.6 Å². The number of ether oxygens (including phenoxy) is 1. The van der Waals surface area contributed by atoms with Crippen LogP contribution in [0.3, 0.4) is 0 Å². The molecule has 0 bridgehead atoms. The van der Waals surface area contributed by atoms with E-state index in [1.54, 1.807) is 12.1 Å². The fourth-order valence-corrected chi connectivity index (χ4v) is 5.38. The molecule has 0 aliphatic carbocycles. The number of aryl methyl sites for hydroxylation is 1. The maximum absolute atomic E-state index is 13.7. The molecule has 0 amide bonds. The zero-order valence-electron chi connectivity index (χ0n) is 21.3. The summed E-state index contributed by atoms with van der Waals surface area (Å²) in [5.74, 6) is 1.01. The maximum atomic E-state index is 13.7. The Morgan fingerprint density at radius 3 is 2.72 bits per heavy atom. The molecule has 1 aromatic heterocycles. The zero-order valence-corrected chi connectivity index (χ0v) is 21.3. The van der Waals surface area contributed by atoms with E-state index in [0.717, 1.165) is 29.9 Å². The normalized spacial score (nSPS) is 19.8. The zero-order chi connectivity index (χ0) is 26.0. The number of non-ortho nitro benzene ring substituents is 1. The lowest BCUT2D eigenvalue weighted by atomic mass is 9.72. The van der Waals surface area contributed by atoms with Gasteiger partial charge in [-0.1, -0.05) is 19.9 Å². The number of nitro benzene ring substituents is 1. The summed E-state index contributed by atoms with van der Waals surface area (Å²) in [4.78, 5) is 20.7. The first-order valence-electron chi connectivity index (χ1n) is 12.6. The van der Waals surface area contributed by atoms with Gasteiger partial charge in [0.2, 0.25) is 0 Å². The first-order chi connectivity index (χ1) is 17.1. The molecular weight excluding hydrogens is 463 g/mol. The second-order valence-corrected chi connectivity index (χ2v) is 10.4. The number of nitrogens with zero attached hydrogens (tertiary/aromatic N) is 3. The Labute approximate surface area is 210 Å². The molecule has 2 atom stereocenters. The van der Waals surface area contributed by atoms with E-state index < -0.39 is 10.5 Å². The van der Waals surface area contributed by atoms with Crippen molar-refractivity contribution in [1.29, 1.82) is 0 Å². The third kappa shape index (κ3) is 5.52. The van der Waals surface area contributed by atoms with Crippen LogP contribution in [0.15, 0.2) is 36.4 Å². The van der Waals surface area contributed by atoms with Gasteiger partial charge in [-0.3, -0.25) is 10.1 Å². The largest absolute Gasteiger partial charge is 0.490 e. The second kappa shape index (κ2) is 10.5. The Balaban J connectivity index is 1.39. The predicted octanol–water partition coefficient (Wildman–Crippen LogP) is 5.21. The van der Waals surface area contributed by atoms with Crippen molar-refractivity contribution in [2.24, 2.45) is 5.92 Å². The number of aliphatic hydroxyl groups is 1. The number of nitro groups is 1. The van der Waals surface area contributed by atoms with Crippen molar-refractivity contribution in [3.63, 3.8) is 0 Å². The molecule has 0 spiro atoms. The molecule has 194 valence electrons. The number of rotatable bonds is 10. The molecule has 0 saturated heterocycles. The molecule has 0 saturated carbocycles. The van der Waals surface area contributed by atoms with Crippen LogP contribution in [0.1, 0.15) is 57.8 Å². The molecular formula is C27H35FN4O4. The third-order valence-corrected chi connectivity index (χ3v) is 7.18. The first-order valence-corrected chi connectivity index (χ1v) is 12.6. The minimum atomic E-state index is -1.04. The lowest BCUT2D eigenvalue weighted by molar-refractivity contribution is -0.384. The minimum absolute atomic E-state index is 0.0424. The highest BCUT2D eigenvalue weighted by atomic mass is 19.1. The number of benzene rings is 2. The van der Waals surface area contributed by atoms with Crippen molar-refractivity contribution in [3.05, 3.63) is 63.7 Å². The van der Waals surface area contributed by atoms with E-state index >= 15 is 0 Å². The number of fused-ring (bicyclic) bond motifs is 2. The van der Waals surface area contributed by atoms with Crippen LogP contribution in [0, 0.1) is 21.8 Å². The Bertz CT molecular complexity index is 1230. The van der Waals surface area contributed by atoms with Crippen molar-refractivity contribution in [1.82, 2.24) is 14.9 Å². The fraction of sp³-hybridized carbons (Fsp3) is 0.519. The van der Waals surface area contributed by atoms with Gasteiger partial charge in [0.25, 0.3) is 5.69 Å². The molecule has 0 fully saturated rings. The van der Waals surface area contributed by atoms with Gasteiger partial charge in [0.15, 0.2) is 0 Å². The van der Waals surface area contributed by atoms with Crippen LogP contribution < -0.4 is 4.74 Å². The highest BCUT2D eigenvalue weighted by molar-refractivity contribution is 5.77. The molecule has 0 radical (unpaired) electrons. The van der Waals surface area contributed by atoms with Crippen molar-refractivity contribution < 1.29 is 19.2 Å². The smallest absolute Gasteiger partial charge is 0.271 e. The number of hydrogen-bond acceptors (Lipinski definition) is 6. The molecule has 1 aliphatic heterocycles. The summed E-state index contributed by atoms with van der Waals surface area (Å²) in [6, 6.07) is 9.50. The van der Waals surface area contributed by atoms with Crippen LogP contribution in [0.4, 0.5) is 10.1 Å². The van der Waals surface area contributed by atoms with E-state index in [0.29, 0.717) is 30.7 Å². The number of nitrogens with one attached hydrogen (secondary N) is 1. The van der Waals surface area contributed by atoms with E-state index in [9.17, 15) is 19.6 Å². The summed E-state index contributed by atoms with van der Waals surface area (Å²) in [7, 11) is 0. The summed E-state index contributed by atoms with van der Waals surface area (Å²) in [5.41, 5.74) is 1.25. The van der Waals surface area contributed by atoms with Gasteiger partial charge in [0.05, 0.1) is 16.0 Å². The number of halogens is 1. The van der Waals surface area contributed by atoms with Gasteiger partial charge in [-0.15, -0.1) is 0 Å². The highest BCUT2D eigenvalue weighted by Crippen LogP contribution is 2.45. The topological polar surface area (TPSA) is 105 Å². The molecule has 1 aliphatic rings. The number of aromatic nitrogens is 2. The molecule has 36 heavy (non-hydrogen) atoms. The van der Waals surface area contributed by atoms with Crippen LogP contribution in [0.2, 0.25) is 0 Å². The molecule has 3 aromatic rings.